The summed E-state index contributed by atoms with van der Waals surface area (Å²) in [6.07, 6.45) is -0.0124. The predicted octanol–water partition coefficient (Wildman–Crippen LogP) is 4.38. The standard InChI is InChI=1S/C26H31FN2O4/c1-5-28(6-2)15-16-29-23(20-9-7-8-10-21(20)27)22(25(31)26(29)32)24(30)18-11-13-19(14-12-18)33-17(3)4/h7-14,17,23,30H,5-6,15-16H2,1-4H3/b24-22+. The van der Waals surface area contributed by atoms with Crippen molar-refractivity contribution in [3.8, 4) is 5.75 Å². The van der Waals surface area contributed by atoms with Crippen molar-refractivity contribution >= 4 is 17.4 Å². The van der Waals surface area contributed by atoms with Gasteiger partial charge in [-0.05, 0) is 57.3 Å². The van der Waals surface area contributed by atoms with E-state index in [1.807, 2.05) is 27.7 Å². The van der Waals surface area contributed by atoms with Gasteiger partial charge in [0.2, 0.25) is 0 Å². The summed E-state index contributed by atoms with van der Waals surface area (Å²) in [7, 11) is 0. The Bertz CT molecular complexity index is 1030. The van der Waals surface area contributed by atoms with Crippen LogP contribution in [0.5, 0.6) is 5.75 Å². The number of rotatable bonds is 9. The third-order valence-corrected chi connectivity index (χ3v) is 5.79. The van der Waals surface area contributed by atoms with Crippen molar-refractivity contribution in [2.24, 2.45) is 0 Å². The zero-order valence-corrected chi connectivity index (χ0v) is 19.5. The predicted molar refractivity (Wildman–Crippen MR) is 125 cm³/mol. The number of amides is 1. The van der Waals surface area contributed by atoms with Crippen LogP contribution in [0.2, 0.25) is 0 Å². The van der Waals surface area contributed by atoms with Crippen LogP contribution in [-0.4, -0.2) is 58.9 Å². The van der Waals surface area contributed by atoms with Crippen molar-refractivity contribution in [1.29, 1.82) is 0 Å². The van der Waals surface area contributed by atoms with E-state index in [2.05, 4.69) is 4.90 Å². The van der Waals surface area contributed by atoms with Gasteiger partial charge in [0.05, 0.1) is 17.7 Å². The monoisotopic (exact) mass is 454 g/mol. The van der Waals surface area contributed by atoms with Crippen LogP contribution in [0, 0.1) is 5.82 Å². The van der Waals surface area contributed by atoms with Gasteiger partial charge in [0.25, 0.3) is 11.7 Å². The number of likely N-dealkylation sites (tertiary alicyclic amines) is 1. The van der Waals surface area contributed by atoms with Crippen LogP contribution in [0.15, 0.2) is 54.1 Å². The molecule has 2 aromatic carbocycles. The summed E-state index contributed by atoms with van der Waals surface area (Å²) < 4.78 is 20.5. The second kappa shape index (κ2) is 10.6. The normalized spacial score (nSPS) is 17.9. The topological polar surface area (TPSA) is 70.1 Å². The molecule has 1 amide bonds. The van der Waals surface area contributed by atoms with E-state index in [1.54, 1.807) is 42.5 Å². The van der Waals surface area contributed by atoms with Crippen molar-refractivity contribution in [3.05, 3.63) is 71.0 Å². The molecular formula is C26H31FN2O4. The summed E-state index contributed by atoms with van der Waals surface area (Å²) in [6, 6.07) is 11.6. The first-order valence-corrected chi connectivity index (χ1v) is 11.3. The maximum atomic E-state index is 14.8. The van der Waals surface area contributed by atoms with E-state index >= 15 is 0 Å². The summed E-state index contributed by atoms with van der Waals surface area (Å²) in [5.74, 6) is -1.81. The molecule has 1 aliphatic rings. The fourth-order valence-electron chi connectivity index (χ4n) is 4.04. The van der Waals surface area contributed by atoms with Crippen molar-refractivity contribution in [1.82, 2.24) is 9.80 Å². The van der Waals surface area contributed by atoms with Crippen LogP contribution in [0.4, 0.5) is 4.39 Å². The zero-order chi connectivity index (χ0) is 24.1. The minimum absolute atomic E-state index is 0.0124. The van der Waals surface area contributed by atoms with E-state index in [0.717, 1.165) is 13.1 Å². The highest BCUT2D eigenvalue weighted by molar-refractivity contribution is 6.46. The first kappa shape index (κ1) is 24.5. The molecule has 0 aromatic heterocycles. The zero-order valence-electron chi connectivity index (χ0n) is 19.5. The van der Waals surface area contributed by atoms with Crippen LogP contribution in [0.1, 0.15) is 44.9 Å². The van der Waals surface area contributed by atoms with Gasteiger partial charge in [0.15, 0.2) is 0 Å². The average molecular weight is 455 g/mol. The second-order valence-electron chi connectivity index (χ2n) is 8.23. The summed E-state index contributed by atoms with van der Waals surface area (Å²) in [4.78, 5) is 29.5. The number of benzene rings is 2. The summed E-state index contributed by atoms with van der Waals surface area (Å²) >= 11 is 0. The number of aliphatic hydroxyl groups is 1. The number of aliphatic hydroxyl groups excluding tert-OH is 1. The molecule has 0 spiro atoms. The number of ketones is 1. The van der Waals surface area contributed by atoms with Crippen LogP contribution in [0.25, 0.3) is 5.76 Å². The van der Waals surface area contributed by atoms with Crippen molar-refractivity contribution < 1.29 is 23.8 Å². The van der Waals surface area contributed by atoms with Gasteiger partial charge in [-0.2, -0.15) is 0 Å². The average Bonchev–Trinajstić information content (AvgIpc) is 3.04. The molecule has 33 heavy (non-hydrogen) atoms. The van der Waals surface area contributed by atoms with Gasteiger partial charge in [0.1, 0.15) is 17.3 Å². The van der Waals surface area contributed by atoms with Crippen LogP contribution in [0.3, 0.4) is 0 Å². The number of carbonyl (C=O) groups excluding carboxylic acids is 2. The number of hydrogen-bond acceptors (Lipinski definition) is 5. The van der Waals surface area contributed by atoms with Gasteiger partial charge < -0.3 is 19.6 Å². The van der Waals surface area contributed by atoms with Gasteiger partial charge in [-0.25, -0.2) is 4.39 Å². The van der Waals surface area contributed by atoms with Gasteiger partial charge in [0, 0.05) is 24.2 Å². The van der Waals surface area contributed by atoms with Crippen molar-refractivity contribution in [3.63, 3.8) is 0 Å². The highest BCUT2D eigenvalue weighted by Gasteiger charge is 2.46. The Morgan fingerprint density at radius 1 is 1.09 bits per heavy atom. The molecule has 0 radical (unpaired) electrons. The number of halogens is 1. The lowest BCUT2D eigenvalue weighted by Gasteiger charge is -2.28. The second-order valence-corrected chi connectivity index (χ2v) is 8.23. The Morgan fingerprint density at radius 3 is 2.30 bits per heavy atom. The third-order valence-electron chi connectivity index (χ3n) is 5.79. The van der Waals surface area contributed by atoms with Crippen molar-refractivity contribution in [2.45, 2.75) is 39.8 Å². The van der Waals surface area contributed by atoms with E-state index in [-0.39, 0.29) is 29.5 Å². The molecule has 1 aliphatic heterocycles. The molecule has 1 fully saturated rings. The maximum absolute atomic E-state index is 14.8. The molecule has 7 heteroatoms. The first-order chi connectivity index (χ1) is 15.8. The lowest BCUT2D eigenvalue weighted by molar-refractivity contribution is -0.140. The number of nitrogens with zero attached hydrogens (tertiary/aromatic N) is 2. The van der Waals surface area contributed by atoms with Gasteiger partial charge in [-0.15, -0.1) is 0 Å². The molecule has 1 saturated heterocycles. The number of Topliss-reactive ketones (excluding diaryl/α,β-unsaturated/α-hetero) is 1. The Morgan fingerprint density at radius 2 is 1.73 bits per heavy atom. The molecule has 2 aromatic rings. The molecule has 0 saturated carbocycles. The molecule has 0 bridgehead atoms. The van der Waals surface area contributed by atoms with Gasteiger partial charge in [-0.3, -0.25) is 9.59 Å². The molecule has 3 rings (SSSR count). The fraction of sp³-hybridized carbons (Fsp3) is 0.385. The third kappa shape index (κ3) is 5.25. The molecule has 0 aliphatic carbocycles. The van der Waals surface area contributed by atoms with Crippen molar-refractivity contribution in [2.75, 3.05) is 26.2 Å². The fourth-order valence-corrected chi connectivity index (χ4v) is 4.04. The van der Waals surface area contributed by atoms with E-state index < -0.39 is 23.5 Å². The molecular weight excluding hydrogens is 423 g/mol. The minimum atomic E-state index is -1.01. The highest BCUT2D eigenvalue weighted by Crippen LogP contribution is 2.40. The van der Waals surface area contributed by atoms with E-state index in [4.69, 9.17) is 4.74 Å². The molecule has 1 N–H and O–H groups in total. The Balaban J connectivity index is 2.06. The molecule has 176 valence electrons. The van der Waals surface area contributed by atoms with E-state index in [9.17, 15) is 19.1 Å². The number of likely N-dealkylation sites (N-methyl/N-ethyl adjacent to an activating group) is 1. The largest absolute Gasteiger partial charge is 0.507 e. The Hall–Kier alpha value is -3.19. The maximum Gasteiger partial charge on any atom is 0.295 e. The minimum Gasteiger partial charge on any atom is -0.507 e. The highest BCUT2D eigenvalue weighted by atomic mass is 19.1. The molecule has 1 heterocycles. The molecule has 1 atom stereocenters. The van der Waals surface area contributed by atoms with Crippen LogP contribution in [-0.2, 0) is 9.59 Å². The summed E-state index contributed by atoms with van der Waals surface area (Å²) in [5.41, 5.74) is 0.425. The first-order valence-electron chi connectivity index (χ1n) is 11.3. The summed E-state index contributed by atoms with van der Waals surface area (Å²) in [5, 5.41) is 11.1. The van der Waals surface area contributed by atoms with Crippen LogP contribution >= 0.6 is 0 Å². The number of hydrogen-bond donors (Lipinski definition) is 1. The number of carbonyl (C=O) groups is 2. The lowest BCUT2D eigenvalue weighted by Crippen LogP contribution is -2.38. The molecule has 1 unspecified atom stereocenters. The van der Waals surface area contributed by atoms with Gasteiger partial charge >= 0.3 is 0 Å². The van der Waals surface area contributed by atoms with Crippen LogP contribution < -0.4 is 4.74 Å². The van der Waals surface area contributed by atoms with Gasteiger partial charge in [-0.1, -0.05) is 32.0 Å². The Kier molecular flexibility index (Phi) is 7.87. The van der Waals surface area contributed by atoms with E-state index in [1.165, 1.54) is 11.0 Å². The molecule has 6 nitrogen and oxygen atoms in total. The SMILES string of the molecule is CCN(CC)CCN1C(=O)C(=O)/C(=C(/O)c2ccc(OC(C)C)cc2)C1c1ccccc1F. The van der Waals surface area contributed by atoms with E-state index in [0.29, 0.717) is 17.9 Å². The Labute approximate surface area is 194 Å². The quantitative estimate of drug-likeness (QED) is 0.346. The summed E-state index contributed by atoms with van der Waals surface area (Å²) in [6.45, 7) is 10.2. The smallest absolute Gasteiger partial charge is 0.295 e. The number of ether oxygens (including phenoxy) is 1. The lowest BCUT2D eigenvalue weighted by atomic mass is 9.95.